The van der Waals surface area contributed by atoms with Crippen molar-refractivity contribution in [2.24, 2.45) is 5.92 Å². The molecule has 0 aromatic rings. The number of hydrogen-bond acceptors (Lipinski definition) is 1. The van der Waals surface area contributed by atoms with Gasteiger partial charge >= 0.3 is 6.09 Å². The fraction of sp³-hybridized carbons (Fsp3) is 0.571. The Kier molecular flexibility index (Phi) is 6.03. The van der Waals surface area contributed by atoms with Crippen LogP contribution in [0.15, 0.2) is 0 Å². The second kappa shape index (κ2) is 6.28. The fourth-order valence-electron chi connectivity index (χ4n) is 0.559. The van der Waals surface area contributed by atoms with Crippen molar-refractivity contribution in [3.8, 4) is 11.8 Å². The highest BCUT2D eigenvalue weighted by Crippen LogP contribution is 1.98. The minimum Gasteiger partial charge on any atom is -0.465 e. The summed E-state index contributed by atoms with van der Waals surface area (Å²) in [6.07, 6.45) is -0.988. The Hall–Kier alpha value is -0.440. The van der Waals surface area contributed by atoms with E-state index in [9.17, 15) is 4.79 Å². The van der Waals surface area contributed by atoms with E-state index < -0.39 is 6.09 Å². The molecule has 62 valence electrons. The topological polar surface area (TPSA) is 49.3 Å². The summed E-state index contributed by atoms with van der Waals surface area (Å²) in [6, 6.07) is 0. The van der Waals surface area contributed by atoms with E-state index in [2.05, 4.69) is 39.7 Å². The molecule has 1 atom stereocenters. The minimum atomic E-state index is -0.988. The van der Waals surface area contributed by atoms with Crippen LogP contribution in [0.1, 0.15) is 6.92 Å². The molecule has 0 aromatic carbocycles. The first kappa shape index (κ1) is 10.6. The first-order valence-electron chi connectivity index (χ1n) is 3.15. The van der Waals surface area contributed by atoms with Crippen molar-refractivity contribution in [1.29, 1.82) is 0 Å². The number of carboxylic acid groups (broad SMARTS) is 1. The number of hydrogen-bond donors (Lipinski definition) is 2. The first-order valence-corrected chi connectivity index (χ1v) is 4.68. The monoisotopic (exact) mass is 267 g/mol. The molecule has 0 aromatic heterocycles. The Labute approximate surface area is 79.7 Å². The van der Waals surface area contributed by atoms with Crippen molar-refractivity contribution >= 4 is 28.7 Å². The summed E-state index contributed by atoms with van der Waals surface area (Å²) in [5, 5.41) is 10.6. The van der Waals surface area contributed by atoms with E-state index in [4.69, 9.17) is 5.11 Å². The summed E-state index contributed by atoms with van der Waals surface area (Å²) in [5.41, 5.74) is 0. The van der Waals surface area contributed by atoms with Crippen molar-refractivity contribution in [2.75, 3.05) is 11.0 Å². The van der Waals surface area contributed by atoms with Gasteiger partial charge in [-0.3, -0.25) is 0 Å². The zero-order chi connectivity index (χ0) is 8.69. The molecule has 0 fully saturated rings. The zero-order valence-electron chi connectivity index (χ0n) is 6.22. The van der Waals surface area contributed by atoms with Gasteiger partial charge in [-0.25, -0.2) is 4.79 Å². The lowest BCUT2D eigenvalue weighted by Crippen LogP contribution is -2.27. The summed E-state index contributed by atoms with van der Waals surface area (Å²) in [5.74, 6) is 5.79. The number of alkyl halides is 1. The van der Waals surface area contributed by atoms with Crippen molar-refractivity contribution in [3.63, 3.8) is 0 Å². The molecule has 0 rings (SSSR count). The van der Waals surface area contributed by atoms with E-state index in [1.807, 2.05) is 0 Å². The highest BCUT2D eigenvalue weighted by molar-refractivity contribution is 14.1. The maximum absolute atomic E-state index is 10.1. The Morgan fingerprint density at radius 1 is 1.82 bits per heavy atom. The van der Waals surface area contributed by atoms with Gasteiger partial charge in [-0.05, 0) is 6.92 Å². The van der Waals surface area contributed by atoms with Crippen LogP contribution in [-0.4, -0.2) is 22.2 Å². The molecular formula is C7H10INO2. The SMILES string of the molecule is CC#CC(CI)CNC(=O)O. The summed E-state index contributed by atoms with van der Waals surface area (Å²) >= 11 is 2.18. The molecule has 1 unspecified atom stereocenters. The number of halogens is 1. The lowest BCUT2D eigenvalue weighted by molar-refractivity contribution is 0.194. The maximum Gasteiger partial charge on any atom is 0.404 e. The summed E-state index contributed by atoms with van der Waals surface area (Å²) in [4.78, 5) is 10.1. The van der Waals surface area contributed by atoms with Crippen LogP contribution in [0.5, 0.6) is 0 Å². The molecule has 0 radical (unpaired) electrons. The van der Waals surface area contributed by atoms with E-state index in [0.717, 1.165) is 4.43 Å². The molecule has 4 heteroatoms. The van der Waals surface area contributed by atoms with E-state index in [0.29, 0.717) is 6.54 Å². The summed E-state index contributed by atoms with van der Waals surface area (Å²) in [7, 11) is 0. The quantitative estimate of drug-likeness (QED) is 0.460. The van der Waals surface area contributed by atoms with Crippen LogP contribution in [0.2, 0.25) is 0 Å². The van der Waals surface area contributed by atoms with Gasteiger partial charge in [0.15, 0.2) is 0 Å². The van der Waals surface area contributed by atoms with Crippen LogP contribution < -0.4 is 5.32 Å². The lowest BCUT2D eigenvalue weighted by atomic mass is 10.2. The average molecular weight is 267 g/mol. The molecule has 1 amide bonds. The second-order valence-corrected chi connectivity index (χ2v) is 2.81. The normalized spacial score (nSPS) is 11.1. The van der Waals surface area contributed by atoms with Gasteiger partial charge in [-0.2, -0.15) is 0 Å². The molecule has 0 aliphatic rings. The van der Waals surface area contributed by atoms with Crippen molar-refractivity contribution in [1.82, 2.24) is 5.32 Å². The molecule has 0 heterocycles. The molecule has 3 nitrogen and oxygen atoms in total. The highest BCUT2D eigenvalue weighted by atomic mass is 127. The van der Waals surface area contributed by atoms with Crippen molar-refractivity contribution < 1.29 is 9.90 Å². The Morgan fingerprint density at radius 3 is 2.82 bits per heavy atom. The standard InChI is InChI=1S/C7H10INO2/c1-2-3-6(4-8)5-9-7(10)11/h6,9H,4-5H2,1H3,(H,10,11). The van der Waals surface area contributed by atoms with Crippen LogP contribution in [0, 0.1) is 17.8 Å². The van der Waals surface area contributed by atoms with Gasteiger partial charge in [0.2, 0.25) is 0 Å². The van der Waals surface area contributed by atoms with Crippen LogP contribution >= 0.6 is 22.6 Å². The Bertz CT molecular complexity index is 183. The molecule has 0 aliphatic heterocycles. The molecule has 11 heavy (non-hydrogen) atoms. The molecular weight excluding hydrogens is 257 g/mol. The second-order valence-electron chi connectivity index (χ2n) is 1.93. The molecule has 0 saturated carbocycles. The van der Waals surface area contributed by atoms with E-state index >= 15 is 0 Å². The Morgan fingerprint density at radius 2 is 2.45 bits per heavy atom. The third-order valence-corrected chi connectivity index (χ3v) is 2.10. The summed E-state index contributed by atoms with van der Waals surface area (Å²) in [6.45, 7) is 2.17. The largest absolute Gasteiger partial charge is 0.465 e. The van der Waals surface area contributed by atoms with E-state index in [1.54, 1.807) is 6.92 Å². The van der Waals surface area contributed by atoms with Gasteiger partial charge in [0.05, 0.1) is 0 Å². The Balaban J connectivity index is 3.66. The van der Waals surface area contributed by atoms with Gasteiger partial charge in [-0.15, -0.1) is 5.92 Å². The molecule has 0 bridgehead atoms. The van der Waals surface area contributed by atoms with Crippen LogP contribution in [0.3, 0.4) is 0 Å². The highest BCUT2D eigenvalue weighted by Gasteiger charge is 2.03. The van der Waals surface area contributed by atoms with Crippen LogP contribution in [-0.2, 0) is 0 Å². The fourth-order valence-corrected chi connectivity index (χ4v) is 1.09. The minimum absolute atomic E-state index is 0.136. The van der Waals surface area contributed by atoms with Crippen LogP contribution in [0.4, 0.5) is 4.79 Å². The van der Waals surface area contributed by atoms with Crippen molar-refractivity contribution in [2.45, 2.75) is 6.92 Å². The molecule has 0 spiro atoms. The third kappa shape index (κ3) is 5.98. The number of rotatable bonds is 3. The van der Waals surface area contributed by atoms with Crippen LogP contribution in [0.25, 0.3) is 0 Å². The van der Waals surface area contributed by atoms with Gasteiger partial charge in [0.25, 0.3) is 0 Å². The third-order valence-electron chi connectivity index (χ3n) is 1.03. The number of amides is 1. The molecule has 0 saturated heterocycles. The van der Waals surface area contributed by atoms with Gasteiger partial charge < -0.3 is 10.4 Å². The molecule has 2 N–H and O–H groups in total. The number of carbonyl (C=O) groups is 1. The number of nitrogens with one attached hydrogen (secondary N) is 1. The first-order chi connectivity index (χ1) is 5.20. The molecule has 0 aliphatic carbocycles. The predicted octanol–water partition coefficient (Wildman–Crippen LogP) is 1.33. The van der Waals surface area contributed by atoms with Gasteiger partial charge in [0.1, 0.15) is 0 Å². The summed E-state index contributed by atoms with van der Waals surface area (Å²) < 4.78 is 0.846. The maximum atomic E-state index is 10.1. The smallest absolute Gasteiger partial charge is 0.404 e. The van der Waals surface area contributed by atoms with Gasteiger partial charge in [-0.1, -0.05) is 28.5 Å². The average Bonchev–Trinajstić information content (AvgIpc) is 1.97. The zero-order valence-corrected chi connectivity index (χ0v) is 8.38. The lowest BCUT2D eigenvalue weighted by Gasteiger charge is -2.05. The van der Waals surface area contributed by atoms with E-state index in [1.165, 1.54) is 0 Å². The van der Waals surface area contributed by atoms with Gasteiger partial charge in [0, 0.05) is 16.9 Å². The predicted molar refractivity (Wildman–Crippen MR) is 51.9 cm³/mol. The van der Waals surface area contributed by atoms with E-state index in [-0.39, 0.29) is 5.92 Å². The van der Waals surface area contributed by atoms with Crippen molar-refractivity contribution in [3.05, 3.63) is 0 Å².